The highest BCUT2D eigenvalue weighted by Crippen LogP contribution is 2.29. The molecule has 1 aromatic heterocycles. The smallest absolute Gasteiger partial charge is 0.258 e. The lowest BCUT2D eigenvalue weighted by atomic mass is 10.1. The van der Waals surface area contributed by atoms with Crippen LogP contribution in [0.15, 0.2) is 23.3 Å². The summed E-state index contributed by atoms with van der Waals surface area (Å²) in [6.45, 7) is 4.51. The Hall–Kier alpha value is -2.08. The van der Waals surface area contributed by atoms with Gasteiger partial charge < -0.3 is 20.4 Å². The molecule has 1 aliphatic heterocycles. The number of anilines is 2. The molecular weight excluding hydrogens is 268 g/mol. The van der Waals surface area contributed by atoms with Crippen molar-refractivity contribution in [2.24, 2.45) is 0 Å². The fourth-order valence-corrected chi connectivity index (χ4v) is 2.92. The number of ether oxygens (including phenoxy) is 1. The molecule has 0 spiro atoms. The lowest BCUT2D eigenvalue weighted by Crippen LogP contribution is -2.40. The first-order chi connectivity index (χ1) is 10.2. The van der Waals surface area contributed by atoms with Crippen LogP contribution in [0, 0.1) is 0 Å². The number of fused-ring (bicyclic) bond motifs is 1. The van der Waals surface area contributed by atoms with E-state index in [0.717, 1.165) is 38.2 Å². The van der Waals surface area contributed by atoms with Crippen molar-refractivity contribution < 1.29 is 4.74 Å². The zero-order valence-corrected chi connectivity index (χ0v) is 12.1. The quantitative estimate of drug-likeness (QED) is 0.836. The first kappa shape index (κ1) is 13.9. The van der Waals surface area contributed by atoms with E-state index < -0.39 is 0 Å². The fourth-order valence-electron chi connectivity index (χ4n) is 2.92. The molecule has 1 unspecified atom stereocenters. The molecule has 0 aliphatic carbocycles. The average molecular weight is 288 g/mol. The van der Waals surface area contributed by atoms with Crippen LogP contribution in [0.5, 0.6) is 0 Å². The molecule has 1 aromatic carbocycles. The highest BCUT2D eigenvalue weighted by molar-refractivity contribution is 5.88. The van der Waals surface area contributed by atoms with Crippen LogP contribution >= 0.6 is 0 Å². The molecule has 2 aromatic rings. The summed E-state index contributed by atoms with van der Waals surface area (Å²) in [5.41, 5.74) is 8.19. The van der Waals surface area contributed by atoms with Gasteiger partial charge in [-0.05, 0) is 31.9 Å². The van der Waals surface area contributed by atoms with Crippen molar-refractivity contribution in [3.05, 3.63) is 28.8 Å². The van der Waals surface area contributed by atoms with Crippen LogP contribution in [-0.2, 0) is 4.74 Å². The van der Waals surface area contributed by atoms with Gasteiger partial charge in [0, 0.05) is 19.7 Å². The number of nitrogens with one attached hydrogen (secondary N) is 1. The number of nitrogens with two attached hydrogens (primary N) is 1. The van der Waals surface area contributed by atoms with Crippen molar-refractivity contribution >= 4 is 22.3 Å². The van der Waals surface area contributed by atoms with Gasteiger partial charge in [-0.25, -0.2) is 4.98 Å². The maximum Gasteiger partial charge on any atom is 0.258 e. The Morgan fingerprint density at radius 3 is 3.19 bits per heavy atom. The first-order valence-corrected chi connectivity index (χ1v) is 7.32. The third-order valence-corrected chi connectivity index (χ3v) is 3.91. The van der Waals surface area contributed by atoms with Crippen LogP contribution in [0.2, 0.25) is 0 Å². The minimum atomic E-state index is -0.163. The summed E-state index contributed by atoms with van der Waals surface area (Å²) in [4.78, 5) is 20.8. The molecule has 6 nitrogen and oxygen atoms in total. The molecule has 1 saturated heterocycles. The second kappa shape index (κ2) is 5.73. The molecule has 0 bridgehead atoms. The summed E-state index contributed by atoms with van der Waals surface area (Å²) in [7, 11) is 0. The van der Waals surface area contributed by atoms with Gasteiger partial charge in [-0.1, -0.05) is 0 Å². The summed E-state index contributed by atoms with van der Waals surface area (Å²) in [5, 5.41) is 0.525. The lowest BCUT2D eigenvalue weighted by molar-refractivity contribution is 0.0527. The number of aromatic nitrogens is 2. The summed E-state index contributed by atoms with van der Waals surface area (Å²) in [5.74, 6) is 0. The minimum absolute atomic E-state index is 0.163. The fraction of sp³-hybridized carbons (Fsp3) is 0.467. The van der Waals surface area contributed by atoms with Gasteiger partial charge in [-0.3, -0.25) is 4.79 Å². The van der Waals surface area contributed by atoms with Crippen molar-refractivity contribution in [1.82, 2.24) is 9.97 Å². The number of aromatic amines is 1. The van der Waals surface area contributed by atoms with Crippen molar-refractivity contribution in [3.63, 3.8) is 0 Å². The van der Waals surface area contributed by atoms with E-state index in [9.17, 15) is 4.79 Å². The van der Waals surface area contributed by atoms with Crippen molar-refractivity contribution in [1.29, 1.82) is 0 Å². The average Bonchev–Trinajstić information content (AvgIpc) is 2.48. The number of nitrogen functional groups attached to an aromatic ring is 1. The molecule has 3 N–H and O–H groups in total. The first-order valence-electron chi connectivity index (χ1n) is 7.32. The summed E-state index contributed by atoms with van der Waals surface area (Å²) >= 11 is 0. The maximum absolute atomic E-state index is 11.8. The van der Waals surface area contributed by atoms with Crippen LogP contribution in [0.3, 0.4) is 0 Å². The highest BCUT2D eigenvalue weighted by atomic mass is 16.5. The van der Waals surface area contributed by atoms with E-state index >= 15 is 0 Å². The van der Waals surface area contributed by atoms with E-state index in [-0.39, 0.29) is 11.7 Å². The predicted octanol–water partition coefficient (Wildman–Crippen LogP) is 1.51. The molecule has 21 heavy (non-hydrogen) atoms. The molecule has 1 atom stereocenters. The van der Waals surface area contributed by atoms with Gasteiger partial charge in [0.1, 0.15) is 0 Å². The second-order valence-corrected chi connectivity index (χ2v) is 5.33. The number of H-pyrrole nitrogens is 1. The van der Waals surface area contributed by atoms with E-state index in [2.05, 4.69) is 14.9 Å². The largest absolute Gasteiger partial charge is 0.397 e. The Bertz CT molecular complexity index is 696. The Balaban J connectivity index is 1.96. The van der Waals surface area contributed by atoms with E-state index in [0.29, 0.717) is 16.6 Å². The monoisotopic (exact) mass is 288 g/mol. The zero-order valence-electron chi connectivity index (χ0n) is 12.1. The van der Waals surface area contributed by atoms with E-state index in [1.54, 1.807) is 6.07 Å². The Kier molecular flexibility index (Phi) is 3.79. The molecule has 1 fully saturated rings. The van der Waals surface area contributed by atoms with Gasteiger partial charge in [0.25, 0.3) is 5.56 Å². The predicted molar refractivity (Wildman–Crippen MR) is 83.6 cm³/mol. The lowest BCUT2D eigenvalue weighted by Gasteiger charge is -2.34. The van der Waals surface area contributed by atoms with Crippen molar-refractivity contribution in [3.8, 4) is 0 Å². The van der Waals surface area contributed by atoms with E-state index in [1.165, 1.54) is 6.33 Å². The van der Waals surface area contributed by atoms with Crippen LogP contribution in [0.25, 0.3) is 10.9 Å². The number of piperidine rings is 1. The van der Waals surface area contributed by atoms with Crippen LogP contribution in [-0.4, -0.2) is 35.8 Å². The van der Waals surface area contributed by atoms with Crippen LogP contribution < -0.4 is 16.2 Å². The maximum atomic E-state index is 11.8. The van der Waals surface area contributed by atoms with E-state index in [1.807, 2.05) is 13.0 Å². The Morgan fingerprint density at radius 1 is 1.52 bits per heavy atom. The van der Waals surface area contributed by atoms with Crippen molar-refractivity contribution in [2.45, 2.75) is 25.9 Å². The van der Waals surface area contributed by atoms with Crippen LogP contribution in [0.4, 0.5) is 11.4 Å². The van der Waals surface area contributed by atoms with E-state index in [4.69, 9.17) is 10.5 Å². The van der Waals surface area contributed by atoms with Gasteiger partial charge in [0.05, 0.1) is 34.7 Å². The zero-order chi connectivity index (χ0) is 14.8. The SMILES string of the molecule is CCOC1CCCN(c2cc3nc[nH]c(=O)c3cc2N)C1. The van der Waals surface area contributed by atoms with Gasteiger partial charge in [-0.2, -0.15) is 0 Å². The Morgan fingerprint density at radius 2 is 2.38 bits per heavy atom. The van der Waals surface area contributed by atoms with Gasteiger partial charge in [0.2, 0.25) is 0 Å². The summed E-state index contributed by atoms with van der Waals surface area (Å²) in [6, 6.07) is 3.61. The third kappa shape index (κ3) is 2.71. The number of nitrogens with zero attached hydrogens (tertiary/aromatic N) is 2. The summed E-state index contributed by atoms with van der Waals surface area (Å²) < 4.78 is 5.73. The number of rotatable bonds is 3. The number of hydrogen-bond donors (Lipinski definition) is 2. The number of benzene rings is 1. The van der Waals surface area contributed by atoms with Gasteiger partial charge in [0.15, 0.2) is 0 Å². The molecule has 112 valence electrons. The summed E-state index contributed by atoms with van der Waals surface area (Å²) in [6.07, 6.45) is 3.82. The molecule has 6 heteroatoms. The van der Waals surface area contributed by atoms with Crippen LogP contribution in [0.1, 0.15) is 19.8 Å². The van der Waals surface area contributed by atoms with Gasteiger partial charge >= 0.3 is 0 Å². The number of hydrogen-bond acceptors (Lipinski definition) is 5. The topological polar surface area (TPSA) is 84.2 Å². The molecule has 2 heterocycles. The Labute approximate surface area is 122 Å². The second-order valence-electron chi connectivity index (χ2n) is 5.33. The molecule has 1 aliphatic rings. The molecule has 0 saturated carbocycles. The molecule has 3 rings (SSSR count). The standard InChI is InChI=1S/C15H20N4O2/c1-2-21-10-4-3-5-19(8-10)14-7-13-11(6-12(14)16)15(20)18-9-17-13/h6-7,9-10H,2-5,8,16H2,1H3,(H,17,18,20). The van der Waals surface area contributed by atoms with Crippen molar-refractivity contribution in [2.75, 3.05) is 30.3 Å². The minimum Gasteiger partial charge on any atom is -0.397 e. The molecule has 0 amide bonds. The normalized spacial score (nSPS) is 19.1. The van der Waals surface area contributed by atoms with Gasteiger partial charge in [-0.15, -0.1) is 0 Å². The third-order valence-electron chi connectivity index (χ3n) is 3.91. The highest BCUT2D eigenvalue weighted by Gasteiger charge is 2.22. The molecular formula is C15H20N4O2. The molecule has 0 radical (unpaired) electrons.